The Labute approximate surface area is 92.1 Å². The van der Waals surface area contributed by atoms with Crippen LogP contribution in [0.2, 0.25) is 0 Å². The van der Waals surface area contributed by atoms with Crippen LogP contribution < -0.4 is 4.90 Å². The van der Waals surface area contributed by atoms with Crippen LogP contribution in [-0.4, -0.2) is 30.7 Å². The van der Waals surface area contributed by atoms with Crippen LogP contribution in [0.3, 0.4) is 0 Å². The number of carbonyl (C=O) groups is 1. The Morgan fingerprint density at radius 1 is 1.47 bits per heavy atom. The molecule has 1 heterocycles. The van der Waals surface area contributed by atoms with Crippen molar-refractivity contribution in [1.82, 2.24) is 0 Å². The molecule has 1 N–H and O–H groups in total. The van der Waals surface area contributed by atoms with Crippen molar-refractivity contribution in [2.45, 2.75) is 45.8 Å². The van der Waals surface area contributed by atoms with E-state index >= 15 is 0 Å². The van der Waals surface area contributed by atoms with Crippen molar-refractivity contribution in [2.75, 3.05) is 13.1 Å². The lowest BCUT2D eigenvalue weighted by Gasteiger charge is -2.28. The highest BCUT2D eigenvalue weighted by Crippen LogP contribution is 2.06. The molecule has 1 saturated heterocycles. The van der Waals surface area contributed by atoms with Gasteiger partial charge in [-0.05, 0) is 27.7 Å². The summed E-state index contributed by atoms with van der Waals surface area (Å²) in [6.07, 6.45) is 1.04. The molecule has 15 heavy (non-hydrogen) atoms. The second-order valence-electron chi connectivity index (χ2n) is 5.40. The summed E-state index contributed by atoms with van der Waals surface area (Å²) < 4.78 is 5.34. The first-order chi connectivity index (χ1) is 6.80. The van der Waals surface area contributed by atoms with Gasteiger partial charge in [-0.1, -0.05) is 6.58 Å². The monoisotopic (exact) mass is 212 g/mol. The third-order valence-corrected chi connectivity index (χ3v) is 2.92. The van der Waals surface area contributed by atoms with Crippen molar-refractivity contribution in [2.24, 2.45) is 0 Å². The molecule has 0 amide bonds. The Balaban J connectivity index is 2.44. The molecule has 2 unspecified atom stereocenters. The molecule has 0 aromatic carbocycles. The molecule has 0 saturated carbocycles. The largest absolute Gasteiger partial charge is 0.453 e. The SMILES string of the molecule is C=C(C)C(=O)OC1CC[NH+](C(C)(C)C)C1. The van der Waals surface area contributed by atoms with Gasteiger partial charge in [0.2, 0.25) is 0 Å². The van der Waals surface area contributed by atoms with Crippen molar-refractivity contribution in [3.05, 3.63) is 12.2 Å². The van der Waals surface area contributed by atoms with Crippen LogP contribution in [0.15, 0.2) is 12.2 Å². The van der Waals surface area contributed by atoms with Gasteiger partial charge in [-0.3, -0.25) is 0 Å². The Hall–Kier alpha value is -0.830. The molecule has 2 atom stereocenters. The predicted molar refractivity (Wildman–Crippen MR) is 59.8 cm³/mol. The summed E-state index contributed by atoms with van der Waals surface area (Å²) in [6.45, 7) is 13.9. The van der Waals surface area contributed by atoms with E-state index in [1.807, 2.05) is 0 Å². The summed E-state index contributed by atoms with van der Waals surface area (Å²) in [5.41, 5.74) is 0.726. The van der Waals surface area contributed by atoms with Crippen LogP contribution in [0.1, 0.15) is 34.1 Å². The van der Waals surface area contributed by atoms with E-state index in [2.05, 4.69) is 27.4 Å². The molecule has 0 aliphatic carbocycles. The van der Waals surface area contributed by atoms with E-state index < -0.39 is 0 Å². The Morgan fingerprint density at radius 2 is 2.07 bits per heavy atom. The van der Waals surface area contributed by atoms with Crippen LogP contribution in [0.4, 0.5) is 0 Å². The standard InChI is InChI=1S/C12H21NO2/c1-9(2)11(14)15-10-6-7-13(8-10)12(3,4)5/h10H,1,6-8H2,2-5H3/p+1. The molecule has 1 aliphatic rings. The summed E-state index contributed by atoms with van der Waals surface area (Å²) in [5, 5.41) is 0. The van der Waals surface area contributed by atoms with E-state index in [-0.39, 0.29) is 17.6 Å². The number of nitrogens with one attached hydrogen (secondary N) is 1. The first-order valence-corrected chi connectivity index (χ1v) is 5.52. The molecule has 1 fully saturated rings. The zero-order valence-electron chi connectivity index (χ0n) is 10.2. The van der Waals surface area contributed by atoms with Gasteiger partial charge in [0.25, 0.3) is 0 Å². The maximum Gasteiger partial charge on any atom is 0.333 e. The van der Waals surface area contributed by atoms with E-state index in [4.69, 9.17) is 4.74 Å². The van der Waals surface area contributed by atoms with Crippen molar-refractivity contribution >= 4 is 5.97 Å². The van der Waals surface area contributed by atoms with Crippen molar-refractivity contribution in [3.8, 4) is 0 Å². The summed E-state index contributed by atoms with van der Waals surface area (Å²) in [6, 6.07) is 0. The number of rotatable bonds is 2. The minimum atomic E-state index is -0.254. The molecule has 3 nitrogen and oxygen atoms in total. The predicted octanol–water partition coefficient (Wildman–Crippen LogP) is 0.561. The zero-order valence-corrected chi connectivity index (χ0v) is 10.2. The average Bonchev–Trinajstić information content (AvgIpc) is 2.51. The minimum Gasteiger partial charge on any atom is -0.453 e. The number of ether oxygens (including phenoxy) is 1. The summed E-state index contributed by atoms with van der Waals surface area (Å²) in [5.74, 6) is -0.254. The van der Waals surface area contributed by atoms with E-state index in [0.29, 0.717) is 5.57 Å². The summed E-state index contributed by atoms with van der Waals surface area (Å²) in [7, 11) is 0. The third kappa shape index (κ3) is 3.34. The second kappa shape index (κ2) is 4.35. The maximum atomic E-state index is 11.3. The van der Waals surface area contributed by atoms with E-state index in [1.54, 1.807) is 6.92 Å². The fraction of sp³-hybridized carbons (Fsp3) is 0.750. The first-order valence-electron chi connectivity index (χ1n) is 5.52. The first kappa shape index (κ1) is 12.2. The molecule has 1 aliphatic heterocycles. The fourth-order valence-corrected chi connectivity index (χ4v) is 1.85. The average molecular weight is 212 g/mol. The normalized spacial score (nSPS) is 26.4. The number of hydrogen-bond donors (Lipinski definition) is 1. The molecular weight excluding hydrogens is 190 g/mol. The van der Waals surface area contributed by atoms with Crippen molar-refractivity contribution < 1.29 is 14.4 Å². The van der Waals surface area contributed by atoms with Gasteiger partial charge in [0.05, 0.1) is 12.1 Å². The highest BCUT2D eigenvalue weighted by atomic mass is 16.5. The smallest absolute Gasteiger partial charge is 0.333 e. The van der Waals surface area contributed by atoms with Gasteiger partial charge >= 0.3 is 5.97 Å². The van der Waals surface area contributed by atoms with Crippen LogP contribution in [0.5, 0.6) is 0 Å². The number of likely N-dealkylation sites (tertiary alicyclic amines) is 1. The summed E-state index contributed by atoms with van der Waals surface area (Å²) in [4.78, 5) is 12.8. The number of esters is 1. The molecule has 0 aromatic rings. The van der Waals surface area contributed by atoms with Crippen LogP contribution in [-0.2, 0) is 9.53 Å². The van der Waals surface area contributed by atoms with Gasteiger partial charge < -0.3 is 9.64 Å². The summed E-state index contributed by atoms with van der Waals surface area (Å²) >= 11 is 0. The maximum absolute atomic E-state index is 11.3. The van der Waals surface area contributed by atoms with E-state index in [9.17, 15) is 4.79 Å². The van der Waals surface area contributed by atoms with E-state index in [0.717, 1.165) is 19.5 Å². The lowest BCUT2D eigenvalue weighted by Crippen LogP contribution is -3.17. The van der Waals surface area contributed by atoms with Crippen molar-refractivity contribution in [3.63, 3.8) is 0 Å². The molecular formula is C12H22NO2+. The van der Waals surface area contributed by atoms with Crippen LogP contribution in [0, 0.1) is 0 Å². The molecule has 1 rings (SSSR count). The third-order valence-electron chi connectivity index (χ3n) is 2.92. The minimum absolute atomic E-state index is 0.0726. The topological polar surface area (TPSA) is 30.7 Å². The number of carbonyl (C=O) groups excluding carboxylic acids is 1. The number of quaternary nitrogens is 1. The van der Waals surface area contributed by atoms with Crippen LogP contribution in [0.25, 0.3) is 0 Å². The lowest BCUT2D eigenvalue weighted by atomic mass is 10.1. The quantitative estimate of drug-likeness (QED) is 0.535. The Kier molecular flexibility index (Phi) is 3.55. The lowest BCUT2D eigenvalue weighted by molar-refractivity contribution is -0.936. The molecule has 0 radical (unpaired) electrons. The van der Waals surface area contributed by atoms with Gasteiger partial charge in [-0.15, -0.1) is 0 Å². The van der Waals surface area contributed by atoms with Crippen LogP contribution >= 0.6 is 0 Å². The van der Waals surface area contributed by atoms with Gasteiger partial charge in [-0.25, -0.2) is 4.79 Å². The second-order valence-corrected chi connectivity index (χ2v) is 5.40. The fourth-order valence-electron chi connectivity index (χ4n) is 1.85. The molecule has 3 heteroatoms. The zero-order chi connectivity index (χ0) is 11.6. The van der Waals surface area contributed by atoms with Gasteiger partial charge in [0, 0.05) is 12.0 Å². The van der Waals surface area contributed by atoms with Gasteiger partial charge in [0.1, 0.15) is 6.54 Å². The van der Waals surface area contributed by atoms with Crippen molar-refractivity contribution in [1.29, 1.82) is 0 Å². The molecule has 86 valence electrons. The highest BCUT2D eigenvalue weighted by Gasteiger charge is 2.35. The Bertz CT molecular complexity index is 265. The molecule has 0 aromatic heterocycles. The molecule has 0 spiro atoms. The van der Waals surface area contributed by atoms with E-state index in [1.165, 1.54) is 4.90 Å². The van der Waals surface area contributed by atoms with Gasteiger partial charge in [0.15, 0.2) is 6.10 Å². The van der Waals surface area contributed by atoms with Gasteiger partial charge in [-0.2, -0.15) is 0 Å². The molecule has 0 bridgehead atoms. The number of hydrogen-bond acceptors (Lipinski definition) is 2. The highest BCUT2D eigenvalue weighted by molar-refractivity contribution is 5.87. The Morgan fingerprint density at radius 3 is 2.47 bits per heavy atom.